The van der Waals surface area contributed by atoms with Crippen LogP contribution in [0.15, 0.2) is 48.5 Å². The van der Waals surface area contributed by atoms with Gasteiger partial charge in [-0.25, -0.2) is 4.98 Å². The normalized spacial score (nSPS) is 15.9. The third kappa shape index (κ3) is 3.35. The first-order chi connectivity index (χ1) is 12.3. The van der Waals surface area contributed by atoms with Crippen molar-refractivity contribution in [2.45, 2.75) is 12.3 Å². The van der Waals surface area contributed by atoms with Crippen molar-refractivity contribution >= 4 is 16.7 Å². The van der Waals surface area contributed by atoms with Crippen molar-refractivity contribution in [3.63, 3.8) is 0 Å². The fourth-order valence-corrected chi connectivity index (χ4v) is 3.34. The summed E-state index contributed by atoms with van der Waals surface area (Å²) in [6.07, 6.45) is 0.665. The Hall–Kier alpha value is -2.84. The van der Waals surface area contributed by atoms with Crippen molar-refractivity contribution < 1.29 is 0 Å². The zero-order chi connectivity index (χ0) is 17.1. The summed E-state index contributed by atoms with van der Waals surface area (Å²) in [6.45, 7) is 4.15. The fourth-order valence-electron chi connectivity index (χ4n) is 3.34. The van der Waals surface area contributed by atoms with Gasteiger partial charge >= 0.3 is 0 Å². The number of piperazine rings is 1. The number of nitriles is 1. The molecule has 5 heteroatoms. The highest BCUT2D eigenvalue weighted by Gasteiger charge is 2.16. The van der Waals surface area contributed by atoms with Crippen LogP contribution in [0.2, 0.25) is 0 Å². The van der Waals surface area contributed by atoms with Crippen LogP contribution >= 0.6 is 0 Å². The minimum atomic E-state index is -0.266. The van der Waals surface area contributed by atoms with Crippen LogP contribution in [0.1, 0.15) is 17.3 Å². The summed E-state index contributed by atoms with van der Waals surface area (Å²) in [7, 11) is 0. The molecule has 4 rings (SSSR count). The molecule has 1 atom stereocenters. The Labute approximate surface area is 147 Å². The topological polar surface area (TPSA) is 67.7 Å². The molecule has 2 N–H and O–H groups in total. The second kappa shape index (κ2) is 6.96. The molecule has 0 saturated carbocycles. The summed E-state index contributed by atoms with van der Waals surface area (Å²) < 4.78 is 0. The lowest BCUT2D eigenvalue weighted by atomic mass is 9.99. The molecule has 1 unspecified atom stereocenters. The third-order valence-corrected chi connectivity index (χ3v) is 4.75. The molecule has 1 fully saturated rings. The van der Waals surface area contributed by atoms with Gasteiger partial charge in [-0.05, 0) is 36.2 Å². The quantitative estimate of drug-likeness (QED) is 0.771. The van der Waals surface area contributed by atoms with Crippen molar-refractivity contribution in [3.05, 3.63) is 59.9 Å². The van der Waals surface area contributed by atoms with Gasteiger partial charge in [0.2, 0.25) is 0 Å². The number of hydrogen-bond acceptors (Lipinski definition) is 4. The standard InChI is InChI=1S/C20H21N5/c21-14-16(20-23-18-3-1-2-4-19(18)24-20)13-15-5-7-17(8-6-15)25-11-9-22-10-12-25/h1-8,16,22H,9-13H2,(H,23,24). The summed E-state index contributed by atoms with van der Waals surface area (Å²) in [6, 6.07) is 18.9. The van der Waals surface area contributed by atoms with Gasteiger partial charge in [0.05, 0.1) is 17.1 Å². The Bertz CT molecular complexity index is 851. The Kier molecular flexibility index (Phi) is 4.36. The van der Waals surface area contributed by atoms with E-state index < -0.39 is 0 Å². The molecule has 0 spiro atoms. The predicted octanol–water partition coefficient (Wildman–Crippen LogP) is 2.82. The van der Waals surface area contributed by atoms with Gasteiger partial charge < -0.3 is 15.2 Å². The number of anilines is 1. The minimum absolute atomic E-state index is 0.266. The molecular weight excluding hydrogens is 310 g/mol. The number of nitrogens with zero attached hydrogens (tertiary/aromatic N) is 3. The minimum Gasteiger partial charge on any atom is -0.369 e. The lowest BCUT2D eigenvalue weighted by Crippen LogP contribution is -2.43. The van der Waals surface area contributed by atoms with Crippen LogP contribution in [0.4, 0.5) is 5.69 Å². The first-order valence-corrected chi connectivity index (χ1v) is 8.72. The maximum atomic E-state index is 9.60. The highest BCUT2D eigenvalue weighted by atomic mass is 15.2. The SMILES string of the molecule is N#CC(Cc1ccc(N2CCNCC2)cc1)c1nc2ccccc2[nH]1. The summed E-state index contributed by atoms with van der Waals surface area (Å²) in [5, 5.41) is 13.0. The molecule has 0 amide bonds. The van der Waals surface area contributed by atoms with Crippen LogP contribution in [0.25, 0.3) is 11.0 Å². The number of imidazole rings is 1. The van der Waals surface area contributed by atoms with Crippen molar-refractivity contribution in [1.29, 1.82) is 5.26 Å². The summed E-state index contributed by atoms with van der Waals surface area (Å²) in [5.41, 5.74) is 4.30. The Morgan fingerprint density at radius 2 is 1.84 bits per heavy atom. The van der Waals surface area contributed by atoms with Gasteiger partial charge in [-0.1, -0.05) is 24.3 Å². The van der Waals surface area contributed by atoms with E-state index >= 15 is 0 Å². The predicted molar refractivity (Wildman–Crippen MR) is 99.7 cm³/mol. The van der Waals surface area contributed by atoms with E-state index in [-0.39, 0.29) is 5.92 Å². The van der Waals surface area contributed by atoms with Crippen LogP contribution in [-0.2, 0) is 6.42 Å². The van der Waals surface area contributed by atoms with Crippen molar-refractivity contribution in [3.8, 4) is 6.07 Å². The Balaban J connectivity index is 1.50. The number of fused-ring (bicyclic) bond motifs is 1. The van der Waals surface area contributed by atoms with Crippen LogP contribution in [0.5, 0.6) is 0 Å². The van der Waals surface area contributed by atoms with Crippen molar-refractivity contribution in [2.24, 2.45) is 0 Å². The van der Waals surface area contributed by atoms with Crippen LogP contribution in [0.3, 0.4) is 0 Å². The Morgan fingerprint density at radius 1 is 1.08 bits per heavy atom. The molecule has 2 heterocycles. The maximum Gasteiger partial charge on any atom is 0.124 e. The van der Waals surface area contributed by atoms with E-state index in [4.69, 9.17) is 0 Å². The summed E-state index contributed by atoms with van der Waals surface area (Å²) in [4.78, 5) is 10.2. The van der Waals surface area contributed by atoms with Gasteiger partial charge in [0.1, 0.15) is 11.7 Å². The molecule has 2 aromatic carbocycles. The number of aromatic nitrogens is 2. The number of nitrogens with one attached hydrogen (secondary N) is 2. The lowest BCUT2D eigenvalue weighted by molar-refractivity contribution is 0.589. The molecule has 0 aliphatic carbocycles. The average molecular weight is 331 g/mol. The molecule has 1 aliphatic heterocycles. The first-order valence-electron chi connectivity index (χ1n) is 8.72. The summed E-state index contributed by atoms with van der Waals surface area (Å²) >= 11 is 0. The van der Waals surface area contributed by atoms with E-state index in [2.05, 4.69) is 50.5 Å². The lowest BCUT2D eigenvalue weighted by Gasteiger charge is -2.29. The highest BCUT2D eigenvalue weighted by Crippen LogP contribution is 2.23. The number of rotatable bonds is 4. The molecule has 1 aromatic heterocycles. The van der Waals surface area contributed by atoms with Crippen LogP contribution in [-0.4, -0.2) is 36.1 Å². The smallest absolute Gasteiger partial charge is 0.124 e. The van der Waals surface area contributed by atoms with Crippen LogP contribution in [0, 0.1) is 11.3 Å². The highest BCUT2D eigenvalue weighted by molar-refractivity contribution is 5.75. The van der Waals surface area contributed by atoms with E-state index in [1.54, 1.807) is 0 Å². The zero-order valence-electron chi connectivity index (χ0n) is 14.1. The van der Waals surface area contributed by atoms with Gasteiger partial charge in [-0.3, -0.25) is 0 Å². The van der Waals surface area contributed by atoms with E-state index in [0.717, 1.165) is 48.6 Å². The second-order valence-corrected chi connectivity index (χ2v) is 6.43. The van der Waals surface area contributed by atoms with Crippen LogP contribution < -0.4 is 10.2 Å². The van der Waals surface area contributed by atoms with Gasteiger partial charge in [-0.2, -0.15) is 5.26 Å². The molecule has 1 aliphatic rings. The van der Waals surface area contributed by atoms with E-state index in [0.29, 0.717) is 6.42 Å². The molecule has 126 valence electrons. The number of benzene rings is 2. The first kappa shape index (κ1) is 15.7. The average Bonchev–Trinajstić information content (AvgIpc) is 3.11. The monoisotopic (exact) mass is 331 g/mol. The largest absolute Gasteiger partial charge is 0.369 e. The fraction of sp³-hybridized carbons (Fsp3) is 0.300. The molecule has 1 saturated heterocycles. The summed E-state index contributed by atoms with van der Waals surface area (Å²) in [5.74, 6) is 0.479. The zero-order valence-corrected chi connectivity index (χ0v) is 14.1. The van der Waals surface area contributed by atoms with Gasteiger partial charge in [0.15, 0.2) is 0 Å². The number of para-hydroxylation sites is 2. The van der Waals surface area contributed by atoms with Gasteiger partial charge in [-0.15, -0.1) is 0 Å². The van der Waals surface area contributed by atoms with Gasteiger partial charge in [0.25, 0.3) is 0 Å². The molecule has 25 heavy (non-hydrogen) atoms. The van der Waals surface area contributed by atoms with Crippen molar-refractivity contribution in [1.82, 2.24) is 15.3 Å². The second-order valence-electron chi connectivity index (χ2n) is 6.43. The van der Waals surface area contributed by atoms with E-state index in [1.165, 1.54) is 5.69 Å². The number of aromatic amines is 1. The molecule has 5 nitrogen and oxygen atoms in total. The third-order valence-electron chi connectivity index (χ3n) is 4.75. The molecular formula is C20H21N5. The molecule has 0 radical (unpaired) electrons. The number of H-pyrrole nitrogens is 1. The molecule has 0 bridgehead atoms. The Morgan fingerprint density at radius 3 is 2.56 bits per heavy atom. The molecule has 3 aromatic rings. The van der Waals surface area contributed by atoms with E-state index in [1.807, 2.05) is 24.3 Å². The maximum absolute atomic E-state index is 9.60. The van der Waals surface area contributed by atoms with Gasteiger partial charge in [0, 0.05) is 31.9 Å². The van der Waals surface area contributed by atoms with Crippen molar-refractivity contribution in [2.75, 3.05) is 31.1 Å². The van der Waals surface area contributed by atoms with E-state index in [9.17, 15) is 5.26 Å². The number of hydrogen-bond donors (Lipinski definition) is 2.